The Bertz CT molecular complexity index is 427. The molecule has 0 amide bonds. The fourth-order valence-electron chi connectivity index (χ4n) is 0.592. The van der Waals surface area contributed by atoms with Crippen LogP contribution in [0.1, 0.15) is 0 Å². The number of halogens is 5. The molecule has 0 aliphatic rings. The first kappa shape index (κ1) is 19.2. The second-order valence-corrected chi connectivity index (χ2v) is 5.13. The van der Waals surface area contributed by atoms with Crippen molar-refractivity contribution in [2.45, 2.75) is 4.90 Å². The van der Waals surface area contributed by atoms with Crippen molar-refractivity contribution >= 4 is 37.1 Å². The molecule has 1 rings (SSSR count). The summed E-state index contributed by atoms with van der Waals surface area (Å²) in [6.45, 7) is 0. The van der Waals surface area contributed by atoms with Gasteiger partial charge < -0.3 is 0 Å². The fourth-order valence-corrected chi connectivity index (χ4v) is 1.09. The average Bonchev–Trinajstić information content (AvgIpc) is 1.99. The van der Waals surface area contributed by atoms with Crippen LogP contribution in [-0.2, 0) is 10.1 Å². The van der Waals surface area contributed by atoms with E-state index in [1.807, 2.05) is 0 Å². The Morgan fingerprint density at radius 2 is 1.24 bits per heavy atom. The third-order valence-electron chi connectivity index (χ3n) is 1.04. The molecule has 0 atom stereocenters. The predicted octanol–water partition coefficient (Wildman–Crippen LogP) is 3.25. The van der Waals surface area contributed by atoms with Gasteiger partial charge >= 0.3 is 48.0 Å². The summed E-state index contributed by atoms with van der Waals surface area (Å²) >= 11 is 0. The molecular formula is C6H7F5LiO3PS. The molecule has 0 radical (unpaired) electrons. The van der Waals surface area contributed by atoms with E-state index in [9.17, 15) is 29.4 Å². The van der Waals surface area contributed by atoms with Gasteiger partial charge in [0.2, 0.25) is 0 Å². The van der Waals surface area contributed by atoms with Gasteiger partial charge in [0, 0.05) is 0 Å². The van der Waals surface area contributed by atoms with Crippen molar-refractivity contribution in [1.29, 1.82) is 0 Å². The van der Waals surface area contributed by atoms with Crippen LogP contribution < -0.4 is 0 Å². The molecular weight excluding hydrogens is 285 g/mol. The van der Waals surface area contributed by atoms with Crippen LogP contribution in [0.3, 0.4) is 0 Å². The van der Waals surface area contributed by atoms with Crippen molar-refractivity contribution < 1.29 is 34.0 Å². The standard InChI is InChI=1S/C6H6O3S.F5P.Li.H/c7-10(8,9)6-4-2-1-3-5-6;1-6(2,3,4)5;;/h1-5H,(H,7,8,9);;;. The fraction of sp³-hybridized carbons (Fsp3) is 0. The maximum absolute atomic E-state index is 10.4. The zero-order valence-electron chi connectivity index (χ0n) is 7.40. The van der Waals surface area contributed by atoms with Gasteiger partial charge in [-0.3, -0.25) is 4.55 Å². The molecule has 3 nitrogen and oxygen atoms in total. The quantitative estimate of drug-likeness (QED) is 0.374. The Morgan fingerprint density at radius 3 is 1.41 bits per heavy atom. The zero-order chi connectivity index (χ0) is 13.1. The first-order valence-corrected chi connectivity index (χ1v) is 6.61. The summed E-state index contributed by atoms with van der Waals surface area (Å²) in [4.78, 5) is -0.0741. The first-order chi connectivity index (χ1) is 6.84. The van der Waals surface area contributed by atoms with E-state index in [4.69, 9.17) is 4.55 Å². The van der Waals surface area contributed by atoms with Crippen molar-refractivity contribution in [3.63, 3.8) is 0 Å². The third kappa shape index (κ3) is 15.8. The molecule has 0 spiro atoms. The van der Waals surface area contributed by atoms with Crippen LogP contribution >= 0.6 is 8.16 Å². The normalized spacial score (nSPS) is 13.4. The molecule has 0 aliphatic heterocycles. The van der Waals surface area contributed by atoms with Crippen LogP contribution in [0.5, 0.6) is 0 Å². The SMILES string of the molecule is FP(F)(F)(F)F.O=S(=O)(O)c1ccccc1.[LiH]. The van der Waals surface area contributed by atoms with E-state index in [0.29, 0.717) is 0 Å². The van der Waals surface area contributed by atoms with Gasteiger partial charge in [-0.2, -0.15) is 8.42 Å². The second kappa shape index (κ2) is 6.11. The van der Waals surface area contributed by atoms with E-state index in [1.165, 1.54) is 12.1 Å². The first-order valence-electron chi connectivity index (χ1n) is 3.48. The molecule has 0 saturated heterocycles. The van der Waals surface area contributed by atoms with Crippen molar-refractivity contribution in [1.82, 2.24) is 0 Å². The summed E-state index contributed by atoms with van der Waals surface area (Å²) < 4.78 is 78.4. The molecule has 0 aromatic heterocycles. The van der Waals surface area contributed by atoms with Crippen molar-refractivity contribution in [3.8, 4) is 0 Å². The molecule has 0 bridgehead atoms. The molecule has 0 heterocycles. The maximum atomic E-state index is 10.4. The van der Waals surface area contributed by atoms with Gasteiger partial charge in [-0.15, -0.1) is 0 Å². The van der Waals surface area contributed by atoms with E-state index in [0.717, 1.165) is 0 Å². The van der Waals surface area contributed by atoms with Crippen LogP contribution in [0, 0.1) is 0 Å². The molecule has 96 valence electrons. The van der Waals surface area contributed by atoms with E-state index in [-0.39, 0.29) is 23.8 Å². The van der Waals surface area contributed by atoms with Crippen molar-refractivity contribution in [2.75, 3.05) is 0 Å². The Hall–Kier alpha value is -0.193. The molecule has 1 aromatic rings. The van der Waals surface area contributed by atoms with Gasteiger partial charge in [0.25, 0.3) is 10.1 Å². The Labute approximate surface area is 106 Å². The molecule has 1 aromatic carbocycles. The van der Waals surface area contributed by atoms with Crippen molar-refractivity contribution in [2.24, 2.45) is 0 Å². The third-order valence-corrected chi connectivity index (χ3v) is 1.91. The topological polar surface area (TPSA) is 54.4 Å². The van der Waals surface area contributed by atoms with Crippen LogP contribution in [0.2, 0.25) is 0 Å². The summed E-state index contributed by atoms with van der Waals surface area (Å²) in [6, 6.07) is 7.42. The summed E-state index contributed by atoms with van der Waals surface area (Å²) in [5.74, 6) is 0. The summed E-state index contributed by atoms with van der Waals surface area (Å²) in [5, 5.41) is 0. The Balaban J connectivity index is 0. The second-order valence-electron chi connectivity index (χ2n) is 2.43. The number of hydrogen-bond acceptors (Lipinski definition) is 2. The van der Waals surface area contributed by atoms with Gasteiger partial charge in [-0.1, -0.05) is 18.2 Å². The van der Waals surface area contributed by atoms with Crippen LogP contribution in [0.4, 0.5) is 21.0 Å². The summed E-state index contributed by atoms with van der Waals surface area (Å²) in [5.41, 5.74) is 0. The number of rotatable bonds is 1. The Kier molecular flexibility index (Phi) is 6.89. The molecule has 0 saturated carbocycles. The summed E-state index contributed by atoms with van der Waals surface area (Å²) in [6.07, 6.45) is 0. The van der Waals surface area contributed by atoms with Gasteiger partial charge in [0.15, 0.2) is 0 Å². The molecule has 0 fully saturated rings. The molecule has 0 aliphatic carbocycles. The summed E-state index contributed by atoms with van der Waals surface area (Å²) in [7, 11) is -12.6. The predicted molar refractivity (Wildman–Crippen MR) is 55.9 cm³/mol. The zero-order valence-corrected chi connectivity index (χ0v) is 9.11. The molecule has 1 N–H and O–H groups in total. The minimum absolute atomic E-state index is 0. The van der Waals surface area contributed by atoms with E-state index in [2.05, 4.69) is 0 Å². The van der Waals surface area contributed by atoms with E-state index in [1.54, 1.807) is 18.2 Å². The van der Waals surface area contributed by atoms with Crippen LogP contribution in [0.15, 0.2) is 35.2 Å². The van der Waals surface area contributed by atoms with Crippen LogP contribution in [0.25, 0.3) is 0 Å². The van der Waals surface area contributed by atoms with Crippen molar-refractivity contribution in [3.05, 3.63) is 30.3 Å². The average molecular weight is 292 g/mol. The Morgan fingerprint density at radius 1 is 0.941 bits per heavy atom. The van der Waals surface area contributed by atoms with Gasteiger partial charge in [0.05, 0.1) is 4.90 Å². The van der Waals surface area contributed by atoms with Gasteiger partial charge in [-0.05, 0) is 12.1 Å². The number of benzene rings is 1. The van der Waals surface area contributed by atoms with Gasteiger partial charge in [-0.25, -0.2) is 0 Å². The molecule has 0 unspecified atom stereocenters. The van der Waals surface area contributed by atoms with Gasteiger partial charge in [0.1, 0.15) is 0 Å². The molecule has 17 heavy (non-hydrogen) atoms. The minimum atomic E-state index is -8.55. The van der Waals surface area contributed by atoms with E-state index >= 15 is 0 Å². The number of hydrogen-bond donors (Lipinski definition) is 1. The van der Waals surface area contributed by atoms with E-state index < -0.39 is 18.3 Å². The van der Waals surface area contributed by atoms with Crippen LogP contribution in [-0.4, -0.2) is 31.8 Å². The monoisotopic (exact) mass is 292 g/mol. The molecule has 11 heteroatoms.